The Morgan fingerprint density at radius 2 is 1.62 bits per heavy atom. The van der Waals surface area contributed by atoms with Crippen molar-refractivity contribution < 1.29 is 18.7 Å². The number of halogens is 2. The normalized spacial score (nSPS) is 17.5. The van der Waals surface area contributed by atoms with E-state index in [0.29, 0.717) is 30.7 Å². The quantitative estimate of drug-likeness (QED) is 0.360. The first-order valence-electron chi connectivity index (χ1n) is 13.2. The summed E-state index contributed by atoms with van der Waals surface area (Å²) in [4.78, 5) is 30.1. The highest BCUT2D eigenvalue weighted by Crippen LogP contribution is 2.45. The smallest absolute Gasteiger partial charge is 0.410 e. The van der Waals surface area contributed by atoms with Crippen molar-refractivity contribution >= 4 is 33.6 Å². The van der Waals surface area contributed by atoms with E-state index >= 15 is 0 Å². The summed E-state index contributed by atoms with van der Waals surface area (Å²) in [5, 5.41) is 2.73. The van der Waals surface area contributed by atoms with E-state index in [1.54, 1.807) is 17.0 Å². The van der Waals surface area contributed by atoms with Crippen LogP contribution in [-0.4, -0.2) is 59.6 Å². The third-order valence-electron chi connectivity index (χ3n) is 7.28. The van der Waals surface area contributed by atoms with Gasteiger partial charge in [0.1, 0.15) is 11.4 Å². The number of para-hydroxylation sites is 1. The van der Waals surface area contributed by atoms with Gasteiger partial charge in [-0.25, -0.2) is 9.18 Å². The minimum atomic E-state index is -0.616. The second kappa shape index (κ2) is 11.1. The predicted octanol–water partition coefficient (Wildman–Crippen LogP) is 6.65. The van der Waals surface area contributed by atoms with Crippen molar-refractivity contribution in [3.63, 3.8) is 0 Å². The number of anilines is 1. The molecule has 1 atom stereocenters. The summed E-state index contributed by atoms with van der Waals surface area (Å²) >= 11 is 3.32. The monoisotopic (exact) mass is 593 g/mol. The first-order valence-corrected chi connectivity index (χ1v) is 14.0. The number of nitrogens with one attached hydrogen (secondary N) is 1. The van der Waals surface area contributed by atoms with Gasteiger partial charge in [0.15, 0.2) is 0 Å². The fraction of sp³-hybridized carbons (Fsp3) is 0.355. The van der Waals surface area contributed by atoms with Crippen LogP contribution >= 0.6 is 15.9 Å². The Morgan fingerprint density at radius 1 is 0.974 bits per heavy atom. The largest absolute Gasteiger partial charge is 0.444 e. The third kappa shape index (κ3) is 6.02. The molecule has 5 rings (SSSR count). The van der Waals surface area contributed by atoms with Crippen molar-refractivity contribution in [2.75, 3.05) is 31.5 Å². The number of ether oxygens (including phenoxy) is 1. The molecule has 0 spiro atoms. The van der Waals surface area contributed by atoms with Crippen LogP contribution < -0.4 is 5.32 Å². The van der Waals surface area contributed by atoms with Crippen LogP contribution in [0.3, 0.4) is 0 Å². The lowest BCUT2D eigenvalue weighted by Gasteiger charge is -2.42. The van der Waals surface area contributed by atoms with Crippen LogP contribution in [0.1, 0.15) is 44.2 Å². The average Bonchev–Trinajstić information content (AvgIpc) is 3.20. The Kier molecular flexibility index (Phi) is 7.78. The Bertz CT molecular complexity index is 1320. The second-order valence-electron chi connectivity index (χ2n) is 11.2. The van der Waals surface area contributed by atoms with Crippen LogP contribution in [0.4, 0.5) is 14.9 Å². The molecule has 1 saturated heterocycles. The maximum Gasteiger partial charge on any atom is 0.410 e. The minimum absolute atomic E-state index is 0.107. The summed E-state index contributed by atoms with van der Waals surface area (Å²) in [6, 6.07) is 21.2. The summed E-state index contributed by atoms with van der Waals surface area (Å²) in [5.74, 6) is -0.668. The number of nitrogens with zero attached hydrogens (tertiary/aromatic N) is 2. The number of carbonyl (C=O) groups excluding carboxylic acids is 2. The van der Waals surface area contributed by atoms with E-state index < -0.39 is 11.4 Å². The Hall–Kier alpha value is -3.23. The van der Waals surface area contributed by atoms with E-state index in [-0.39, 0.29) is 36.1 Å². The lowest BCUT2D eigenvalue weighted by atomic mass is 9.94. The number of rotatable bonds is 5. The van der Waals surface area contributed by atoms with Gasteiger partial charge in [0, 0.05) is 49.0 Å². The van der Waals surface area contributed by atoms with Crippen LogP contribution in [0.5, 0.6) is 0 Å². The summed E-state index contributed by atoms with van der Waals surface area (Å²) in [6.07, 6.45) is -0.281. The number of amides is 2. The average molecular weight is 595 g/mol. The van der Waals surface area contributed by atoms with Crippen molar-refractivity contribution in [3.8, 4) is 11.1 Å². The zero-order valence-electron chi connectivity index (χ0n) is 22.4. The zero-order valence-corrected chi connectivity index (χ0v) is 24.0. The number of carbonyl (C=O) groups is 2. The Labute approximate surface area is 237 Å². The fourth-order valence-electron chi connectivity index (χ4n) is 5.53. The SMILES string of the molecule is CC(C)(C)OC(=O)N1CCN(CC2c3ccccc3-c3ccccc32)C(CC(=O)Nc2c(F)cccc2Br)C1. The minimum Gasteiger partial charge on any atom is -0.444 e. The second-order valence-corrected chi connectivity index (χ2v) is 12.0. The third-order valence-corrected chi connectivity index (χ3v) is 7.95. The van der Waals surface area contributed by atoms with E-state index in [4.69, 9.17) is 4.74 Å². The molecule has 1 N–H and O–H groups in total. The lowest BCUT2D eigenvalue weighted by molar-refractivity contribution is -0.118. The van der Waals surface area contributed by atoms with Crippen LogP contribution in [0.15, 0.2) is 71.2 Å². The molecule has 6 nitrogen and oxygen atoms in total. The van der Waals surface area contributed by atoms with Gasteiger partial charge in [0.25, 0.3) is 0 Å². The van der Waals surface area contributed by atoms with Gasteiger partial charge < -0.3 is 15.0 Å². The van der Waals surface area contributed by atoms with Crippen LogP contribution in [0.2, 0.25) is 0 Å². The Balaban J connectivity index is 1.39. The van der Waals surface area contributed by atoms with Gasteiger partial charge in [0.05, 0.1) is 5.69 Å². The molecule has 39 heavy (non-hydrogen) atoms. The van der Waals surface area contributed by atoms with Gasteiger partial charge in [-0.05, 0) is 71.1 Å². The van der Waals surface area contributed by atoms with Gasteiger partial charge >= 0.3 is 6.09 Å². The summed E-state index contributed by atoms with van der Waals surface area (Å²) in [6.45, 7) is 7.67. The van der Waals surface area contributed by atoms with Crippen LogP contribution in [-0.2, 0) is 9.53 Å². The fourth-order valence-corrected chi connectivity index (χ4v) is 5.97. The van der Waals surface area contributed by atoms with E-state index in [9.17, 15) is 14.0 Å². The molecule has 204 valence electrons. The van der Waals surface area contributed by atoms with Crippen molar-refractivity contribution in [1.29, 1.82) is 0 Å². The van der Waals surface area contributed by atoms with Crippen molar-refractivity contribution in [1.82, 2.24) is 9.80 Å². The van der Waals surface area contributed by atoms with Crippen molar-refractivity contribution in [2.24, 2.45) is 0 Å². The first-order chi connectivity index (χ1) is 18.6. The maximum absolute atomic E-state index is 14.4. The molecule has 1 aliphatic heterocycles. The molecular weight excluding hydrogens is 561 g/mol. The number of hydrogen-bond donors (Lipinski definition) is 1. The van der Waals surface area contributed by atoms with Gasteiger partial charge in [-0.2, -0.15) is 0 Å². The molecule has 0 aromatic heterocycles. The summed E-state index contributed by atoms with van der Waals surface area (Å²) in [5.41, 5.74) is 4.52. The molecule has 3 aromatic carbocycles. The van der Waals surface area contributed by atoms with Crippen LogP contribution in [0.25, 0.3) is 11.1 Å². The molecule has 0 saturated carbocycles. The molecule has 1 heterocycles. The lowest BCUT2D eigenvalue weighted by Crippen LogP contribution is -2.57. The summed E-state index contributed by atoms with van der Waals surface area (Å²) < 4.78 is 20.5. The molecule has 8 heteroatoms. The molecule has 1 unspecified atom stereocenters. The maximum atomic E-state index is 14.4. The highest BCUT2D eigenvalue weighted by Gasteiger charge is 2.37. The zero-order chi connectivity index (χ0) is 27.7. The van der Waals surface area contributed by atoms with Gasteiger partial charge in [-0.3, -0.25) is 9.69 Å². The molecule has 3 aromatic rings. The molecule has 1 aliphatic carbocycles. The van der Waals surface area contributed by atoms with E-state index in [1.165, 1.54) is 28.3 Å². The Morgan fingerprint density at radius 3 is 2.23 bits per heavy atom. The topological polar surface area (TPSA) is 61.9 Å². The molecule has 2 amide bonds. The van der Waals surface area contributed by atoms with Gasteiger partial charge in [-0.15, -0.1) is 0 Å². The molecule has 1 fully saturated rings. The number of piperazine rings is 1. The number of fused-ring (bicyclic) bond motifs is 3. The highest BCUT2D eigenvalue weighted by atomic mass is 79.9. The van der Waals surface area contributed by atoms with E-state index in [1.807, 2.05) is 20.8 Å². The molecule has 0 radical (unpaired) electrons. The van der Waals surface area contributed by atoms with Crippen LogP contribution in [0, 0.1) is 5.82 Å². The number of hydrogen-bond acceptors (Lipinski definition) is 4. The van der Waals surface area contributed by atoms with E-state index in [0.717, 1.165) is 0 Å². The standard InChI is InChI=1S/C31H33BrFN3O3/c1-31(2,3)39-30(38)36-16-15-35(20(18-36)17-28(37)34-29-26(32)13-8-14-27(29)33)19-25-23-11-6-4-9-21(23)22-10-5-7-12-24(22)25/h4-14,20,25H,15-19H2,1-3H3,(H,34,37). The first kappa shape index (κ1) is 27.3. The van der Waals surface area contributed by atoms with E-state index in [2.05, 4.69) is 74.7 Å². The van der Waals surface area contributed by atoms with Gasteiger partial charge in [0.2, 0.25) is 5.91 Å². The highest BCUT2D eigenvalue weighted by molar-refractivity contribution is 9.10. The van der Waals surface area contributed by atoms with Crippen molar-refractivity contribution in [2.45, 2.75) is 44.8 Å². The molecular formula is C31H33BrFN3O3. The summed E-state index contributed by atoms with van der Waals surface area (Å²) in [7, 11) is 0. The van der Waals surface area contributed by atoms with Gasteiger partial charge in [-0.1, -0.05) is 54.6 Å². The molecule has 2 aliphatic rings. The van der Waals surface area contributed by atoms with Crippen molar-refractivity contribution in [3.05, 3.63) is 88.1 Å². The molecule has 0 bridgehead atoms. The predicted molar refractivity (Wildman–Crippen MR) is 154 cm³/mol. The number of benzene rings is 3.